The van der Waals surface area contributed by atoms with Crippen LogP contribution in [0.1, 0.15) is 58.8 Å². The van der Waals surface area contributed by atoms with Crippen LogP contribution in [-0.4, -0.2) is 23.5 Å². The number of aliphatic carboxylic acids is 1. The molecule has 4 heteroatoms. The molecule has 0 aromatic heterocycles. The second kappa shape index (κ2) is 7.28. The lowest BCUT2D eigenvalue weighted by molar-refractivity contribution is -0.146. The largest absolute Gasteiger partial charge is 0.481 e. The Morgan fingerprint density at radius 3 is 2.24 bits per heavy atom. The van der Waals surface area contributed by atoms with Crippen LogP contribution in [0.5, 0.6) is 0 Å². The van der Waals surface area contributed by atoms with Crippen LogP contribution in [0, 0.1) is 29.6 Å². The van der Waals surface area contributed by atoms with Gasteiger partial charge in [0.15, 0.2) is 0 Å². The normalized spacial score (nSPS) is 36.4. The maximum absolute atomic E-state index is 12.4. The highest BCUT2D eigenvalue weighted by Gasteiger charge is 2.42. The molecule has 2 saturated carbocycles. The van der Waals surface area contributed by atoms with E-state index >= 15 is 0 Å². The van der Waals surface area contributed by atoms with Gasteiger partial charge in [-0.05, 0) is 43.4 Å². The first-order valence-electron chi connectivity index (χ1n) is 8.51. The Morgan fingerprint density at radius 2 is 1.67 bits per heavy atom. The van der Waals surface area contributed by atoms with E-state index in [0.29, 0.717) is 18.3 Å². The fourth-order valence-electron chi connectivity index (χ4n) is 3.95. The fraction of sp³-hybridized carbons (Fsp3) is 0.882. The van der Waals surface area contributed by atoms with Crippen LogP contribution in [0.2, 0.25) is 0 Å². The molecule has 120 valence electrons. The highest BCUT2D eigenvalue weighted by atomic mass is 16.4. The number of rotatable bonds is 5. The molecule has 21 heavy (non-hydrogen) atoms. The van der Waals surface area contributed by atoms with E-state index in [1.165, 1.54) is 25.7 Å². The number of carbonyl (C=O) groups is 2. The van der Waals surface area contributed by atoms with Crippen LogP contribution < -0.4 is 5.32 Å². The first-order valence-corrected chi connectivity index (χ1v) is 8.51. The van der Waals surface area contributed by atoms with E-state index in [9.17, 15) is 14.7 Å². The van der Waals surface area contributed by atoms with Gasteiger partial charge >= 0.3 is 5.97 Å². The van der Waals surface area contributed by atoms with Gasteiger partial charge in [0, 0.05) is 6.54 Å². The zero-order valence-corrected chi connectivity index (χ0v) is 13.3. The van der Waals surface area contributed by atoms with Crippen LogP contribution in [0.15, 0.2) is 0 Å². The third kappa shape index (κ3) is 4.21. The molecular formula is C17H29NO3. The number of hydrogen-bond acceptors (Lipinski definition) is 2. The molecular weight excluding hydrogens is 266 g/mol. The maximum atomic E-state index is 12.4. The first kappa shape index (κ1) is 16.3. The number of hydrogen-bond donors (Lipinski definition) is 2. The molecule has 2 rings (SSSR count). The molecule has 0 bridgehead atoms. The minimum absolute atomic E-state index is 0.0306. The zero-order valence-electron chi connectivity index (χ0n) is 13.3. The summed E-state index contributed by atoms with van der Waals surface area (Å²) in [4.78, 5) is 23.7. The lowest BCUT2D eigenvalue weighted by atomic mass is 9.83. The van der Waals surface area contributed by atoms with E-state index in [1.807, 2.05) is 0 Å². The lowest BCUT2D eigenvalue weighted by Crippen LogP contribution is -2.38. The van der Waals surface area contributed by atoms with Gasteiger partial charge in [-0.1, -0.05) is 33.1 Å². The Balaban J connectivity index is 1.83. The summed E-state index contributed by atoms with van der Waals surface area (Å²) in [5.74, 6) is 0.133. The van der Waals surface area contributed by atoms with Crippen LogP contribution in [0.3, 0.4) is 0 Å². The van der Waals surface area contributed by atoms with Gasteiger partial charge in [0.05, 0.1) is 11.8 Å². The number of carboxylic acid groups (broad SMARTS) is 1. The summed E-state index contributed by atoms with van der Waals surface area (Å²) >= 11 is 0. The van der Waals surface area contributed by atoms with Crippen molar-refractivity contribution in [3.63, 3.8) is 0 Å². The molecule has 0 spiro atoms. The third-order valence-corrected chi connectivity index (χ3v) is 5.59. The Labute approximate surface area is 127 Å². The van der Waals surface area contributed by atoms with Crippen LogP contribution in [0.25, 0.3) is 0 Å². The fourth-order valence-corrected chi connectivity index (χ4v) is 3.95. The summed E-state index contributed by atoms with van der Waals surface area (Å²) in [6, 6.07) is 0. The van der Waals surface area contributed by atoms with Crippen molar-refractivity contribution in [3.8, 4) is 0 Å². The Bertz CT molecular complexity index is 374. The van der Waals surface area contributed by atoms with Crippen molar-refractivity contribution in [3.05, 3.63) is 0 Å². The van der Waals surface area contributed by atoms with Gasteiger partial charge in [-0.25, -0.2) is 0 Å². The Hall–Kier alpha value is -1.06. The summed E-state index contributed by atoms with van der Waals surface area (Å²) in [5.41, 5.74) is 0. The zero-order chi connectivity index (χ0) is 15.4. The summed E-state index contributed by atoms with van der Waals surface area (Å²) in [7, 11) is 0. The molecule has 3 atom stereocenters. The average Bonchev–Trinajstić information content (AvgIpc) is 2.91. The SMILES string of the molecule is CCC1CC(C(=O)O)C(C(=O)NCC2CCC(C)CC2)C1. The number of nitrogens with one attached hydrogen (secondary N) is 1. The van der Waals surface area contributed by atoms with Gasteiger partial charge < -0.3 is 10.4 Å². The molecule has 3 unspecified atom stereocenters. The molecule has 2 N–H and O–H groups in total. The van der Waals surface area contributed by atoms with Crippen molar-refractivity contribution in [2.75, 3.05) is 6.54 Å². The van der Waals surface area contributed by atoms with Crippen molar-refractivity contribution in [2.24, 2.45) is 29.6 Å². The van der Waals surface area contributed by atoms with Crippen LogP contribution in [0.4, 0.5) is 0 Å². The van der Waals surface area contributed by atoms with Crippen LogP contribution in [-0.2, 0) is 9.59 Å². The molecule has 0 aromatic carbocycles. The van der Waals surface area contributed by atoms with Crippen LogP contribution >= 0.6 is 0 Å². The monoisotopic (exact) mass is 295 g/mol. The van der Waals surface area contributed by atoms with Crippen molar-refractivity contribution in [1.29, 1.82) is 0 Å². The van der Waals surface area contributed by atoms with E-state index in [2.05, 4.69) is 19.2 Å². The number of amides is 1. The molecule has 1 amide bonds. The second-order valence-corrected chi connectivity index (χ2v) is 7.17. The van der Waals surface area contributed by atoms with Gasteiger partial charge in [-0.2, -0.15) is 0 Å². The molecule has 0 aliphatic heterocycles. The molecule has 0 saturated heterocycles. The molecule has 2 fully saturated rings. The second-order valence-electron chi connectivity index (χ2n) is 7.17. The van der Waals surface area contributed by atoms with Gasteiger partial charge in [0.1, 0.15) is 0 Å². The first-order chi connectivity index (χ1) is 10.0. The summed E-state index contributed by atoms with van der Waals surface area (Å²) in [5, 5.41) is 12.3. The van der Waals surface area contributed by atoms with E-state index in [0.717, 1.165) is 25.3 Å². The quantitative estimate of drug-likeness (QED) is 0.819. The molecule has 0 heterocycles. The van der Waals surface area contributed by atoms with Crippen molar-refractivity contribution < 1.29 is 14.7 Å². The Kier molecular flexibility index (Phi) is 5.65. The molecule has 2 aliphatic rings. The topological polar surface area (TPSA) is 66.4 Å². The van der Waals surface area contributed by atoms with E-state index in [-0.39, 0.29) is 11.8 Å². The number of carbonyl (C=O) groups excluding carboxylic acids is 1. The standard InChI is InChI=1S/C17H29NO3/c1-3-12-8-14(15(9-12)17(20)21)16(19)18-10-13-6-4-11(2)5-7-13/h11-15H,3-10H2,1-2H3,(H,18,19)(H,20,21). The van der Waals surface area contributed by atoms with Gasteiger partial charge in [-0.15, -0.1) is 0 Å². The molecule has 0 radical (unpaired) electrons. The van der Waals surface area contributed by atoms with Gasteiger partial charge in [0.2, 0.25) is 5.91 Å². The minimum Gasteiger partial charge on any atom is -0.481 e. The van der Waals surface area contributed by atoms with E-state index in [4.69, 9.17) is 0 Å². The highest BCUT2D eigenvalue weighted by molar-refractivity contribution is 5.85. The van der Waals surface area contributed by atoms with E-state index in [1.54, 1.807) is 0 Å². The van der Waals surface area contributed by atoms with E-state index < -0.39 is 11.9 Å². The van der Waals surface area contributed by atoms with Crippen molar-refractivity contribution >= 4 is 11.9 Å². The molecule has 2 aliphatic carbocycles. The van der Waals surface area contributed by atoms with Crippen molar-refractivity contribution in [2.45, 2.75) is 58.8 Å². The van der Waals surface area contributed by atoms with Gasteiger partial charge in [-0.3, -0.25) is 9.59 Å². The highest BCUT2D eigenvalue weighted by Crippen LogP contribution is 2.38. The lowest BCUT2D eigenvalue weighted by Gasteiger charge is -2.27. The average molecular weight is 295 g/mol. The Morgan fingerprint density at radius 1 is 1.05 bits per heavy atom. The maximum Gasteiger partial charge on any atom is 0.307 e. The molecule has 0 aromatic rings. The third-order valence-electron chi connectivity index (χ3n) is 5.59. The minimum atomic E-state index is -0.808. The molecule has 4 nitrogen and oxygen atoms in total. The predicted molar refractivity (Wildman–Crippen MR) is 81.8 cm³/mol. The predicted octanol–water partition coefficient (Wildman–Crippen LogP) is 3.07. The summed E-state index contributed by atoms with van der Waals surface area (Å²) in [6.07, 6.45) is 7.23. The number of carboxylic acids is 1. The van der Waals surface area contributed by atoms with Crippen molar-refractivity contribution in [1.82, 2.24) is 5.32 Å². The summed E-state index contributed by atoms with van der Waals surface area (Å²) < 4.78 is 0. The summed E-state index contributed by atoms with van der Waals surface area (Å²) in [6.45, 7) is 5.09. The smallest absolute Gasteiger partial charge is 0.307 e. The van der Waals surface area contributed by atoms with Gasteiger partial charge in [0.25, 0.3) is 0 Å².